The predicted molar refractivity (Wildman–Crippen MR) is 104 cm³/mol. The third-order valence-corrected chi connectivity index (χ3v) is 4.44. The number of nitrogens with one attached hydrogen (secondary N) is 1. The maximum absolute atomic E-state index is 13.0. The molecular weight excluding hydrogens is 359 g/mol. The molecule has 1 amide bonds. The van der Waals surface area contributed by atoms with Gasteiger partial charge in [0.1, 0.15) is 5.82 Å². The molecule has 6 nitrogen and oxygen atoms in total. The summed E-state index contributed by atoms with van der Waals surface area (Å²) in [5.74, 6) is 0.355. The molecule has 3 rings (SSSR count). The number of benzene rings is 2. The SMILES string of the molecule is CN(C)C(CNC(=O)CCc1nc(-c2ccc(F)cc2)no1)c1ccccc1. The lowest BCUT2D eigenvalue weighted by Gasteiger charge is -2.25. The molecule has 2 aromatic carbocycles. The van der Waals surface area contributed by atoms with Gasteiger partial charge in [0.2, 0.25) is 17.6 Å². The fourth-order valence-electron chi connectivity index (χ4n) is 2.87. The molecule has 0 bridgehead atoms. The molecule has 1 unspecified atom stereocenters. The van der Waals surface area contributed by atoms with Crippen molar-refractivity contribution < 1.29 is 13.7 Å². The number of aromatic nitrogens is 2. The van der Waals surface area contributed by atoms with Crippen LogP contribution >= 0.6 is 0 Å². The Balaban J connectivity index is 1.51. The van der Waals surface area contributed by atoms with Gasteiger partial charge < -0.3 is 14.7 Å². The predicted octanol–water partition coefficient (Wildman–Crippen LogP) is 3.23. The molecule has 146 valence electrons. The Labute approximate surface area is 163 Å². The lowest BCUT2D eigenvalue weighted by atomic mass is 10.1. The maximum atomic E-state index is 13.0. The van der Waals surface area contributed by atoms with E-state index in [4.69, 9.17) is 4.52 Å². The molecule has 0 saturated carbocycles. The summed E-state index contributed by atoms with van der Waals surface area (Å²) in [5, 5.41) is 6.85. The quantitative estimate of drug-likeness (QED) is 0.648. The average Bonchev–Trinajstić information content (AvgIpc) is 3.17. The molecule has 0 radical (unpaired) electrons. The molecule has 7 heteroatoms. The molecule has 1 N–H and O–H groups in total. The third kappa shape index (κ3) is 5.23. The Morgan fingerprint density at radius 2 is 1.86 bits per heavy atom. The van der Waals surface area contributed by atoms with Crippen molar-refractivity contribution >= 4 is 5.91 Å². The summed E-state index contributed by atoms with van der Waals surface area (Å²) >= 11 is 0. The van der Waals surface area contributed by atoms with E-state index in [9.17, 15) is 9.18 Å². The zero-order chi connectivity index (χ0) is 19.9. The summed E-state index contributed by atoms with van der Waals surface area (Å²) in [6.45, 7) is 0.514. The van der Waals surface area contributed by atoms with E-state index < -0.39 is 0 Å². The first-order chi connectivity index (χ1) is 13.5. The summed E-state index contributed by atoms with van der Waals surface area (Å²) in [4.78, 5) is 18.6. The smallest absolute Gasteiger partial charge is 0.227 e. The van der Waals surface area contributed by atoms with Gasteiger partial charge in [-0.1, -0.05) is 35.5 Å². The number of nitrogens with zero attached hydrogens (tertiary/aromatic N) is 3. The van der Waals surface area contributed by atoms with Crippen molar-refractivity contribution in [3.05, 3.63) is 71.9 Å². The van der Waals surface area contributed by atoms with Crippen LogP contribution in [0.3, 0.4) is 0 Å². The number of halogens is 1. The van der Waals surface area contributed by atoms with E-state index in [1.54, 1.807) is 12.1 Å². The minimum Gasteiger partial charge on any atom is -0.354 e. The summed E-state index contributed by atoms with van der Waals surface area (Å²) in [6, 6.07) is 16.0. The molecule has 0 aliphatic carbocycles. The molecule has 1 atom stereocenters. The number of hydrogen-bond donors (Lipinski definition) is 1. The van der Waals surface area contributed by atoms with Crippen LogP contribution in [0.15, 0.2) is 59.1 Å². The van der Waals surface area contributed by atoms with Gasteiger partial charge in [-0.05, 0) is 43.9 Å². The second-order valence-electron chi connectivity index (χ2n) is 6.71. The standard InChI is InChI=1S/C21H23FN4O2/c1-26(2)18(15-6-4-3-5-7-15)14-23-19(27)12-13-20-24-21(25-28-20)16-8-10-17(22)11-9-16/h3-11,18H,12-14H2,1-2H3,(H,23,27). The Morgan fingerprint density at radius 3 is 2.54 bits per heavy atom. The van der Waals surface area contributed by atoms with Crippen LogP contribution in [0, 0.1) is 5.82 Å². The lowest BCUT2D eigenvalue weighted by molar-refractivity contribution is -0.121. The molecule has 1 heterocycles. The van der Waals surface area contributed by atoms with Gasteiger partial charge in [-0.15, -0.1) is 0 Å². The average molecular weight is 382 g/mol. The Kier molecular flexibility index (Phi) is 6.49. The van der Waals surface area contributed by atoms with Crippen LogP contribution in [0.2, 0.25) is 0 Å². The topological polar surface area (TPSA) is 71.3 Å². The van der Waals surface area contributed by atoms with E-state index in [1.165, 1.54) is 12.1 Å². The maximum Gasteiger partial charge on any atom is 0.227 e. The van der Waals surface area contributed by atoms with Crippen molar-refractivity contribution in [1.82, 2.24) is 20.4 Å². The fourth-order valence-corrected chi connectivity index (χ4v) is 2.87. The Bertz CT molecular complexity index is 894. The minimum absolute atomic E-state index is 0.0793. The van der Waals surface area contributed by atoms with Crippen molar-refractivity contribution in [2.75, 3.05) is 20.6 Å². The largest absolute Gasteiger partial charge is 0.354 e. The van der Waals surface area contributed by atoms with Crippen LogP contribution in [0.5, 0.6) is 0 Å². The van der Waals surface area contributed by atoms with Crippen molar-refractivity contribution in [3.63, 3.8) is 0 Å². The minimum atomic E-state index is -0.323. The summed E-state index contributed by atoms with van der Waals surface area (Å²) in [7, 11) is 3.97. The number of likely N-dealkylation sites (N-methyl/N-ethyl adjacent to an activating group) is 1. The summed E-state index contributed by atoms with van der Waals surface area (Å²) in [5.41, 5.74) is 1.81. The fraction of sp³-hybridized carbons (Fsp3) is 0.286. The first-order valence-electron chi connectivity index (χ1n) is 9.09. The van der Waals surface area contributed by atoms with Gasteiger partial charge in [0.25, 0.3) is 0 Å². The van der Waals surface area contributed by atoms with Gasteiger partial charge >= 0.3 is 0 Å². The lowest BCUT2D eigenvalue weighted by Crippen LogP contribution is -2.34. The molecule has 3 aromatic rings. The molecule has 28 heavy (non-hydrogen) atoms. The van der Waals surface area contributed by atoms with Gasteiger partial charge in [0.15, 0.2) is 0 Å². The number of amides is 1. The van der Waals surface area contributed by atoms with Crippen molar-refractivity contribution in [2.24, 2.45) is 0 Å². The van der Waals surface area contributed by atoms with E-state index >= 15 is 0 Å². The highest BCUT2D eigenvalue weighted by Gasteiger charge is 2.16. The zero-order valence-corrected chi connectivity index (χ0v) is 15.9. The van der Waals surface area contributed by atoms with E-state index in [1.807, 2.05) is 44.4 Å². The Morgan fingerprint density at radius 1 is 1.14 bits per heavy atom. The van der Waals surface area contributed by atoms with Crippen LogP contribution in [0.4, 0.5) is 4.39 Å². The molecule has 1 aromatic heterocycles. The number of rotatable bonds is 8. The first-order valence-corrected chi connectivity index (χ1v) is 9.09. The molecular formula is C21H23FN4O2. The highest BCUT2D eigenvalue weighted by Crippen LogP contribution is 2.18. The molecule has 0 aliphatic heterocycles. The van der Waals surface area contributed by atoms with E-state index in [2.05, 4.69) is 20.4 Å². The van der Waals surface area contributed by atoms with Gasteiger partial charge in [-0.2, -0.15) is 4.98 Å². The third-order valence-electron chi connectivity index (χ3n) is 4.44. The van der Waals surface area contributed by atoms with Crippen LogP contribution in [-0.4, -0.2) is 41.6 Å². The number of aryl methyl sites for hydroxylation is 1. The zero-order valence-electron chi connectivity index (χ0n) is 15.9. The summed E-state index contributed by atoms with van der Waals surface area (Å²) < 4.78 is 18.2. The van der Waals surface area contributed by atoms with Crippen LogP contribution in [0.1, 0.15) is 23.9 Å². The molecule has 0 fully saturated rings. The van der Waals surface area contributed by atoms with Gasteiger partial charge in [-0.3, -0.25) is 4.79 Å². The highest BCUT2D eigenvalue weighted by atomic mass is 19.1. The van der Waals surface area contributed by atoms with Crippen molar-refractivity contribution in [2.45, 2.75) is 18.9 Å². The monoisotopic (exact) mass is 382 g/mol. The van der Waals surface area contributed by atoms with E-state index in [-0.39, 0.29) is 24.2 Å². The van der Waals surface area contributed by atoms with E-state index in [0.29, 0.717) is 30.2 Å². The first kappa shape index (κ1) is 19.7. The molecule has 0 aliphatic rings. The van der Waals surface area contributed by atoms with E-state index in [0.717, 1.165) is 5.56 Å². The Hall–Kier alpha value is -3.06. The van der Waals surface area contributed by atoms with Crippen molar-refractivity contribution in [3.8, 4) is 11.4 Å². The van der Waals surface area contributed by atoms with Crippen LogP contribution in [-0.2, 0) is 11.2 Å². The second kappa shape index (κ2) is 9.23. The van der Waals surface area contributed by atoms with Crippen molar-refractivity contribution in [1.29, 1.82) is 0 Å². The van der Waals surface area contributed by atoms with Gasteiger partial charge in [0.05, 0.1) is 6.04 Å². The van der Waals surface area contributed by atoms with Gasteiger partial charge in [-0.25, -0.2) is 4.39 Å². The van der Waals surface area contributed by atoms with Crippen LogP contribution < -0.4 is 5.32 Å². The van der Waals surface area contributed by atoms with Gasteiger partial charge in [0, 0.05) is 24.9 Å². The normalized spacial score (nSPS) is 12.1. The molecule has 0 saturated heterocycles. The molecule has 0 spiro atoms. The summed E-state index contributed by atoms with van der Waals surface area (Å²) in [6.07, 6.45) is 0.595. The number of carbonyl (C=O) groups is 1. The number of hydrogen-bond acceptors (Lipinski definition) is 5. The number of carbonyl (C=O) groups excluding carboxylic acids is 1. The van der Waals surface area contributed by atoms with Crippen LogP contribution in [0.25, 0.3) is 11.4 Å². The second-order valence-corrected chi connectivity index (χ2v) is 6.71. The highest BCUT2D eigenvalue weighted by molar-refractivity contribution is 5.76.